The second kappa shape index (κ2) is 8.66. The van der Waals surface area contributed by atoms with E-state index in [0.29, 0.717) is 30.3 Å². The number of carbonyl (C=O) groups is 2. The van der Waals surface area contributed by atoms with Crippen molar-refractivity contribution >= 4 is 34.2 Å². The molecule has 0 spiro atoms. The van der Waals surface area contributed by atoms with Crippen LogP contribution in [0.25, 0.3) is 10.9 Å². The third-order valence-electron chi connectivity index (χ3n) is 3.68. The molecule has 0 unspecified atom stereocenters. The molecule has 0 fully saturated rings. The molecule has 27 heavy (non-hydrogen) atoms. The largest absolute Gasteiger partial charge is 0.489 e. The van der Waals surface area contributed by atoms with Crippen molar-refractivity contribution < 1.29 is 14.3 Å². The summed E-state index contributed by atoms with van der Waals surface area (Å²) in [4.78, 5) is 27.4. The molecule has 7 heteroatoms. The van der Waals surface area contributed by atoms with E-state index in [-0.39, 0.29) is 11.9 Å². The van der Waals surface area contributed by atoms with Gasteiger partial charge in [-0.3, -0.25) is 9.78 Å². The zero-order chi connectivity index (χ0) is 19.1. The van der Waals surface area contributed by atoms with Crippen LogP contribution in [0.3, 0.4) is 0 Å². The van der Waals surface area contributed by atoms with Gasteiger partial charge in [-0.2, -0.15) is 0 Å². The number of nitrogens with one attached hydrogen (secondary N) is 3. The van der Waals surface area contributed by atoms with Gasteiger partial charge in [0.15, 0.2) is 0 Å². The molecule has 0 aliphatic carbocycles. The SMILES string of the molecule is CC(=O)Nc1cccc(NC(=O)NCCOc2cccc3cccnc23)c1. The monoisotopic (exact) mass is 364 g/mol. The lowest BCUT2D eigenvalue weighted by atomic mass is 10.2. The van der Waals surface area contributed by atoms with E-state index >= 15 is 0 Å². The van der Waals surface area contributed by atoms with E-state index in [0.717, 1.165) is 10.9 Å². The highest BCUT2D eigenvalue weighted by molar-refractivity contribution is 5.92. The second-order valence-electron chi connectivity index (χ2n) is 5.82. The minimum atomic E-state index is -0.352. The van der Waals surface area contributed by atoms with Crippen LogP contribution >= 0.6 is 0 Å². The van der Waals surface area contributed by atoms with Crippen molar-refractivity contribution in [2.24, 2.45) is 0 Å². The Labute approximate surface area is 156 Å². The third kappa shape index (κ3) is 5.18. The molecule has 2 aromatic carbocycles. The summed E-state index contributed by atoms with van der Waals surface area (Å²) in [5.74, 6) is 0.509. The summed E-state index contributed by atoms with van der Waals surface area (Å²) in [5.41, 5.74) is 1.99. The first-order valence-corrected chi connectivity index (χ1v) is 8.51. The predicted molar refractivity (Wildman–Crippen MR) is 105 cm³/mol. The van der Waals surface area contributed by atoms with Crippen LogP contribution in [0.4, 0.5) is 16.2 Å². The topological polar surface area (TPSA) is 92.4 Å². The minimum absolute atomic E-state index is 0.170. The number of amides is 3. The highest BCUT2D eigenvalue weighted by atomic mass is 16.5. The van der Waals surface area contributed by atoms with Gasteiger partial charge in [0.2, 0.25) is 5.91 Å². The fraction of sp³-hybridized carbons (Fsp3) is 0.150. The second-order valence-corrected chi connectivity index (χ2v) is 5.82. The Morgan fingerprint density at radius 1 is 1.00 bits per heavy atom. The number of fused-ring (bicyclic) bond motifs is 1. The summed E-state index contributed by atoms with van der Waals surface area (Å²) in [6.07, 6.45) is 1.72. The maximum Gasteiger partial charge on any atom is 0.319 e. The highest BCUT2D eigenvalue weighted by Gasteiger charge is 2.05. The maximum absolute atomic E-state index is 12.0. The number of pyridine rings is 1. The summed E-state index contributed by atoms with van der Waals surface area (Å²) < 4.78 is 5.73. The molecule has 0 saturated heterocycles. The van der Waals surface area contributed by atoms with E-state index in [1.807, 2.05) is 30.3 Å². The molecule has 0 aliphatic heterocycles. The average molecular weight is 364 g/mol. The molecule has 0 saturated carbocycles. The Bertz CT molecular complexity index is 953. The molecule has 0 aliphatic rings. The number of nitrogens with zero attached hydrogens (tertiary/aromatic N) is 1. The van der Waals surface area contributed by atoms with Crippen molar-refractivity contribution in [3.8, 4) is 5.75 Å². The molecule has 0 atom stereocenters. The van der Waals surface area contributed by atoms with Crippen LogP contribution in [0.1, 0.15) is 6.92 Å². The van der Waals surface area contributed by atoms with E-state index in [2.05, 4.69) is 20.9 Å². The van der Waals surface area contributed by atoms with Gasteiger partial charge in [-0.15, -0.1) is 0 Å². The van der Waals surface area contributed by atoms with Crippen LogP contribution in [0.15, 0.2) is 60.8 Å². The van der Waals surface area contributed by atoms with Crippen molar-refractivity contribution in [2.75, 3.05) is 23.8 Å². The van der Waals surface area contributed by atoms with Gasteiger partial charge < -0.3 is 20.7 Å². The van der Waals surface area contributed by atoms with E-state index in [1.165, 1.54) is 6.92 Å². The van der Waals surface area contributed by atoms with E-state index in [1.54, 1.807) is 30.5 Å². The van der Waals surface area contributed by atoms with Gasteiger partial charge >= 0.3 is 6.03 Å². The molecule has 7 nitrogen and oxygen atoms in total. The third-order valence-corrected chi connectivity index (χ3v) is 3.68. The summed E-state index contributed by atoms with van der Waals surface area (Å²) >= 11 is 0. The van der Waals surface area contributed by atoms with Crippen LogP contribution in [0, 0.1) is 0 Å². The molecule has 3 rings (SSSR count). The van der Waals surface area contributed by atoms with Gasteiger partial charge in [0, 0.05) is 29.9 Å². The molecule has 3 amide bonds. The van der Waals surface area contributed by atoms with E-state index < -0.39 is 0 Å². The lowest BCUT2D eigenvalue weighted by Gasteiger charge is -2.11. The predicted octanol–water partition coefficient (Wildman–Crippen LogP) is 3.39. The molecule has 1 heterocycles. The number of aromatic nitrogens is 1. The van der Waals surface area contributed by atoms with E-state index in [4.69, 9.17) is 4.74 Å². The first-order chi connectivity index (χ1) is 13.1. The fourth-order valence-electron chi connectivity index (χ4n) is 2.57. The first kappa shape index (κ1) is 18.2. The normalized spacial score (nSPS) is 10.3. The van der Waals surface area contributed by atoms with Gasteiger partial charge in [-0.05, 0) is 30.3 Å². The molecule has 3 aromatic rings. The van der Waals surface area contributed by atoms with Gasteiger partial charge in [-0.1, -0.05) is 24.3 Å². The molecule has 3 N–H and O–H groups in total. The molecule has 0 radical (unpaired) electrons. The number of benzene rings is 2. The standard InChI is InChI=1S/C20H20N4O3/c1-14(25)23-16-7-3-8-17(13-16)24-20(26)22-11-12-27-18-9-2-5-15-6-4-10-21-19(15)18/h2-10,13H,11-12H2,1H3,(H,23,25)(H2,22,24,26). The molecule has 1 aromatic heterocycles. The van der Waals surface area contributed by atoms with Gasteiger partial charge in [-0.25, -0.2) is 4.79 Å². The van der Waals surface area contributed by atoms with Crippen molar-refractivity contribution in [1.29, 1.82) is 0 Å². The lowest BCUT2D eigenvalue weighted by Crippen LogP contribution is -2.32. The Morgan fingerprint density at radius 3 is 2.56 bits per heavy atom. The zero-order valence-corrected chi connectivity index (χ0v) is 14.9. The van der Waals surface area contributed by atoms with E-state index in [9.17, 15) is 9.59 Å². The van der Waals surface area contributed by atoms with Crippen molar-refractivity contribution in [3.05, 3.63) is 60.8 Å². The molecule has 0 bridgehead atoms. The van der Waals surface area contributed by atoms with Crippen LogP contribution in [-0.2, 0) is 4.79 Å². The lowest BCUT2D eigenvalue weighted by molar-refractivity contribution is -0.114. The van der Waals surface area contributed by atoms with Crippen LogP contribution in [-0.4, -0.2) is 30.1 Å². The van der Waals surface area contributed by atoms with Crippen LogP contribution in [0.5, 0.6) is 5.75 Å². The van der Waals surface area contributed by atoms with Crippen LogP contribution < -0.4 is 20.7 Å². The average Bonchev–Trinajstić information content (AvgIpc) is 2.65. The molecular formula is C20H20N4O3. The fourth-order valence-corrected chi connectivity index (χ4v) is 2.57. The molecule has 138 valence electrons. The quantitative estimate of drug-likeness (QED) is 0.585. The smallest absolute Gasteiger partial charge is 0.319 e. The first-order valence-electron chi connectivity index (χ1n) is 8.51. The summed E-state index contributed by atoms with van der Waals surface area (Å²) in [6, 6.07) is 16.1. The number of hydrogen-bond acceptors (Lipinski definition) is 4. The number of hydrogen-bond donors (Lipinski definition) is 3. The van der Waals surface area contributed by atoms with Gasteiger partial charge in [0.1, 0.15) is 17.9 Å². The van der Waals surface area contributed by atoms with Crippen molar-refractivity contribution in [3.63, 3.8) is 0 Å². The number of anilines is 2. The number of urea groups is 1. The summed E-state index contributed by atoms with van der Waals surface area (Å²) in [7, 11) is 0. The number of carbonyl (C=O) groups excluding carboxylic acids is 2. The van der Waals surface area contributed by atoms with Crippen molar-refractivity contribution in [1.82, 2.24) is 10.3 Å². The summed E-state index contributed by atoms with van der Waals surface area (Å²) in [5, 5.41) is 9.11. The number of rotatable bonds is 6. The number of para-hydroxylation sites is 1. The Kier molecular flexibility index (Phi) is 5.84. The minimum Gasteiger partial charge on any atom is -0.489 e. The van der Waals surface area contributed by atoms with Crippen LogP contribution in [0.2, 0.25) is 0 Å². The summed E-state index contributed by atoms with van der Waals surface area (Å²) in [6.45, 7) is 2.08. The van der Waals surface area contributed by atoms with Crippen molar-refractivity contribution in [2.45, 2.75) is 6.92 Å². The zero-order valence-electron chi connectivity index (χ0n) is 14.9. The Balaban J connectivity index is 1.48. The molecular weight excluding hydrogens is 344 g/mol. The number of ether oxygens (including phenoxy) is 1. The Morgan fingerprint density at radius 2 is 1.74 bits per heavy atom. The Hall–Kier alpha value is -3.61. The van der Waals surface area contributed by atoms with Gasteiger partial charge in [0.05, 0.1) is 6.54 Å². The highest BCUT2D eigenvalue weighted by Crippen LogP contribution is 2.22. The van der Waals surface area contributed by atoms with Gasteiger partial charge in [0.25, 0.3) is 0 Å². The maximum atomic E-state index is 12.0.